The summed E-state index contributed by atoms with van der Waals surface area (Å²) in [5, 5.41) is 0.778. The highest BCUT2D eigenvalue weighted by Crippen LogP contribution is 2.26. The Morgan fingerprint density at radius 2 is 2.06 bits per heavy atom. The smallest absolute Gasteiger partial charge is 0.0496 e. The quantitative estimate of drug-likeness (QED) is 0.843. The third kappa shape index (κ3) is 3.98. The molecule has 0 radical (unpaired) electrons. The van der Waals surface area contributed by atoms with Gasteiger partial charge in [0.25, 0.3) is 0 Å². The van der Waals surface area contributed by atoms with Crippen LogP contribution < -0.4 is 5.73 Å². The molecule has 0 aliphatic rings. The predicted molar refractivity (Wildman–Crippen MR) is 75.4 cm³/mol. The average molecular weight is 255 g/mol. The van der Waals surface area contributed by atoms with Crippen molar-refractivity contribution in [3.63, 3.8) is 0 Å². The van der Waals surface area contributed by atoms with E-state index in [1.807, 2.05) is 18.2 Å². The molecular formula is C14H23ClN2. The number of rotatable bonds is 6. The van der Waals surface area contributed by atoms with Crippen LogP contribution in [0.25, 0.3) is 0 Å². The summed E-state index contributed by atoms with van der Waals surface area (Å²) < 4.78 is 0. The van der Waals surface area contributed by atoms with Crippen LogP contribution in [0.1, 0.15) is 38.3 Å². The van der Waals surface area contributed by atoms with Crippen LogP contribution in [0, 0.1) is 0 Å². The molecule has 0 aromatic heterocycles. The van der Waals surface area contributed by atoms with E-state index in [0.29, 0.717) is 0 Å². The standard InChI is InChI=1S/C14H23ClN2/c1-4-9-17(3)14(13(16)5-2)11-7-6-8-12(15)10-11/h6-8,10,13-14H,4-5,9,16H2,1-3H3. The first kappa shape index (κ1) is 14.5. The Hall–Kier alpha value is -0.570. The first-order valence-electron chi connectivity index (χ1n) is 6.31. The largest absolute Gasteiger partial charge is 0.326 e. The van der Waals surface area contributed by atoms with Crippen molar-refractivity contribution in [2.24, 2.45) is 5.73 Å². The molecule has 0 fully saturated rings. The van der Waals surface area contributed by atoms with Gasteiger partial charge in [-0.2, -0.15) is 0 Å². The van der Waals surface area contributed by atoms with E-state index in [0.717, 1.165) is 24.4 Å². The van der Waals surface area contributed by atoms with Crippen molar-refractivity contribution < 1.29 is 0 Å². The number of likely N-dealkylation sites (N-methyl/N-ethyl adjacent to an activating group) is 1. The first-order chi connectivity index (χ1) is 8.10. The van der Waals surface area contributed by atoms with Crippen LogP contribution in [0.4, 0.5) is 0 Å². The van der Waals surface area contributed by atoms with E-state index in [4.69, 9.17) is 17.3 Å². The molecule has 0 spiro atoms. The second-order valence-electron chi connectivity index (χ2n) is 4.55. The molecule has 0 aliphatic heterocycles. The lowest BCUT2D eigenvalue weighted by Gasteiger charge is -2.32. The van der Waals surface area contributed by atoms with Crippen molar-refractivity contribution in [2.45, 2.75) is 38.8 Å². The zero-order valence-corrected chi connectivity index (χ0v) is 11.7. The average Bonchev–Trinajstić information content (AvgIpc) is 2.29. The van der Waals surface area contributed by atoms with E-state index >= 15 is 0 Å². The highest BCUT2D eigenvalue weighted by Gasteiger charge is 2.22. The Morgan fingerprint density at radius 1 is 1.35 bits per heavy atom. The topological polar surface area (TPSA) is 29.3 Å². The SMILES string of the molecule is CCCN(C)C(c1cccc(Cl)c1)C(N)CC. The van der Waals surface area contributed by atoms with Gasteiger partial charge in [-0.3, -0.25) is 4.90 Å². The Morgan fingerprint density at radius 3 is 2.59 bits per heavy atom. The van der Waals surface area contributed by atoms with Crippen LogP contribution in [0.2, 0.25) is 5.02 Å². The number of nitrogens with zero attached hydrogens (tertiary/aromatic N) is 1. The zero-order chi connectivity index (χ0) is 12.8. The van der Waals surface area contributed by atoms with E-state index in [1.165, 1.54) is 5.56 Å². The molecule has 17 heavy (non-hydrogen) atoms. The van der Waals surface area contributed by atoms with Gasteiger partial charge >= 0.3 is 0 Å². The van der Waals surface area contributed by atoms with Crippen LogP contribution in [-0.2, 0) is 0 Å². The molecule has 2 atom stereocenters. The maximum atomic E-state index is 6.25. The number of hydrogen-bond acceptors (Lipinski definition) is 2. The predicted octanol–water partition coefficient (Wildman–Crippen LogP) is 3.46. The monoisotopic (exact) mass is 254 g/mol. The Kier molecular flexibility index (Phi) is 5.96. The Labute approximate surface area is 110 Å². The van der Waals surface area contributed by atoms with Gasteiger partial charge in [0.15, 0.2) is 0 Å². The number of benzene rings is 1. The van der Waals surface area contributed by atoms with Crippen LogP contribution in [-0.4, -0.2) is 24.5 Å². The highest BCUT2D eigenvalue weighted by atomic mass is 35.5. The number of hydrogen-bond donors (Lipinski definition) is 1. The molecular weight excluding hydrogens is 232 g/mol. The molecule has 3 heteroatoms. The summed E-state index contributed by atoms with van der Waals surface area (Å²) in [5.74, 6) is 0. The molecule has 1 aromatic rings. The summed E-state index contributed by atoms with van der Waals surface area (Å²) in [6, 6.07) is 8.42. The van der Waals surface area contributed by atoms with E-state index < -0.39 is 0 Å². The summed E-state index contributed by atoms with van der Waals surface area (Å²) in [6.45, 7) is 5.36. The number of halogens is 1. The molecule has 2 unspecified atom stereocenters. The summed E-state index contributed by atoms with van der Waals surface area (Å²) >= 11 is 6.06. The van der Waals surface area contributed by atoms with E-state index in [1.54, 1.807) is 0 Å². The lowest BCUT2D eigenvalue weighted by Crippen LogP contribution is -2.39. The van der Waals surface area contributed by atoms with Crippen molar-refractivity contribution in [3.05, 3.63) is 34.9 Å². The Balaban J connectivity index is 2.97. The lowest BCUT2D eigenvalue weighted by molar-refractivity contribution is 0.210. The Bertz CT molecular complexity index is 341. The van der Waals surface area contributed by atoms with Gasteiger partial charge in [-0.05, 0) is 44.1 Å². The molecule has 0 amide bonds. The minimum absolute atomic E-state index is 0.144. The molecule has 0 saturated heterocycles. The third-order valence-corrected chi connectivity index (χ3v) is 3.35. The van der Waals surface area contributed by atoms with Gasteiger partial charge in [-0.15, -0.1) is 0 Å². The summed E-state index contributed by atoms with van der Waals surface area (Å²) in [5.41, 5.74) is 7.46. The second kappa shape index (κ2) is 7.00. The molecule has 2 N–H and O–H groups in total. The fourth-order valence-electron chi connectivity index (χ4n) is 2.23. The molecule has 1 rings (SSSR count). The van der Waals surface area contributed by atoms with Crippen LogP contribution in [0.15, 0.2) is 24.3 Å². The van der Waals surface area contributed by atoms with Gasteiger partial charge < -0.3 is 5.73 Å². The molecule has 96 valence electrons. The van der Waals surface area contributed by atoms with E-state index in [2.05, 4.69) is 31.9 Å². The van der Waals surface area contributed by atoms with Crippen LogP contribution in [0.5, 0.6) is 0 Å². The molecule has 0 heterocycles. The maximum absolute atomic E-state index is 6.25. The summed E-state index contributed by atoms with van der Waals surface area (Å²) in [4.78, 5) is 2.32. The van der Waals surface area contributed by atoms with Crippen molar-refractivity contribution in [1.82, 2.24) is 4.90 Å². The van der Waals surface area contributed by atoms with Gasteiger partial charge in [-0.25, -0.2) is 0 Å². The van der Waals surface area contributed by atoms with Crippen molar-refractivity contribution in [2.75, 3.05) is 13.6 Å². The molecule has 1 aromatic carbocycles. The van der Waals surface area contributed by atoms with Gasteiger partial charge in [0.2, 0.25) is 0 Å². The fraction of sp³-hybridized carbons (Fsp3) is 0.571. The van der Waals surface area contributed by atoms with Crippen molar-refractivity contribution in [3.8, 4) is 0 Å². The second-order valence-corrected chi connectivity index (χ2v) is 4.99. The molecule has 2 nitrogen and oxygen atoms in total. The van der Waals surface area contributed by atoms with Gasteiger partial charge in [0, 0.05) is 17.1 Å². The minimum atomic E-state index is 0.144. The third-order valence-electron chi connectivity index (χ3n) is 3.12. The van der Waals surface area contributed by atoms with Crippen molar-refractivity contribution in [1.29, 1.82) is 0 Å². The van der Waals surface area contributed by atoms with E-state index in [9.17, 15) is 0 Å². The highest BCUT2D eigenvalue weighted by molar-refractivity contribution is 6.30. The van der Waals surface area contributed by atoms with Gasteiger partial charge in [0.1, 0.15) is 0 Å². The van der Waals surface area contributed by atoms with Crippen LogP contribution >= 0.6 is 11.6 Å². The minimum Gasteiger partial charge on any atom is -0.326 e. The zero-order valence-electron chi connectivity index (χ0n) is 11.0. The van der Waals surface area contributed by atoms with Gasteiger partial charge in [-0.1, -0.05) is 37.6 Å². The summed E-state index contributed by atoms with van der Waals surface area (Å²) in [6.07, 6.45) is 2.09. The van der Waals surface area contributed by atoms with E-state index in [-0.39, 0.29) is 12.1 Å². The van der Waals surface area contributed by atoms with Crippen LogP contribution in [0.3, 0.4) is 0 Å². The summed E-state index contributed by atoms with van der Waals surface area (Å²) in [7, 11) is 2.13. The normalized spacial score (nSPS) is 14.9. The fourth-order valence-corrected chi connectivity index (χ4v) is 2.43. The molecule has 0 saturated carbocycles. The van der Waals surface area contributed by atoms with Crippen molar-refractivity contribution >= 4 is 11.6 Å². The molecule has 0 bridgehead atoms. The first-order valence-corrected chi connectivity index (χ1v) is 6.69. The van der Waals surface area contributed by atoms with Gasteiger partial charge in [0.05, 0.1) is 0 Å². The number of nitrogens with two attached hydrogens (primary N) is 1. The lowest BCUT2D eigenvalue weighted by atomic mass is 9.96. The molecule has 0 aliphatic carbocycles. The maximum Gasteiger partial charge on any atom is 0.0496 e.